The van der Waals surface area contributed by atoms with Crippen LogP contribution in [0, 0.1) is 23.7 Å². The first-order chi connectivity index (χ1) is 24.1. The summed E-state index contributed by atoms with van der Waals surface area (Å²) in [7, 11) is 5.51. The monoisotopic (exact) mass is 688 g/mol. The van der Waals surface area contributed by atoms with E-state index >= 15 is 0 Å². The molecule has 2 saturated heterocycles. The van der Waals surface area contributed by atoms with Gasteiger partial charge in [-0.2, -0.15) is 5.06 Å². The SMILES string of the molecule is COCCCOc1cc(C[C@@H](C[C@@H]([C@@H]2C[C@@H](C(C)C)[C@]3(O2)O[C@@H](c2ccccc2)[C@H](C)N3C)N(O)Cc2ccccc2)C(C)C)ccc1OC. The second-order valence-electron chi connectivity index (χ2n) is 14.9. The molecule has 274 valence electrons. The Bertz CT molecular complexity index is 1460. The predicted octanol–water partition coefficient (Wildman–Crippen LogP) is 8.38. The molecule has 0 amide bonds. The quantitative estimate of drug-likeness (QED) is 0.112. The minimum atomic E-state index is -0.886. The summed E-state index contributed by atoms with van der Waals surface area (Å²) >= 11 is 0. The summed E-state index contributed by atoms with van der Waals surface area (Å²) in [6.45, 7) is 12.9. The van der Waals surface area contributed by atoms with Gasteiger partial charge in [-0.15, -0.1) is 0 Å². The molecule has 8 nitrogen and oxygen atoms in total. The highest BCUT2D eigenvalue weighted by molar-refractivity contribution is 5.43. The number of hydroxylamine groups is 2. The molecule has 50 heavy (non-hydrogen) atoms. The van der Waals surface area contributed by atoms with Crippen LogP contribution in [0.2, 0.25) is 0 Å². The lowest BCUT2D eigenvalue weighted by Crippen LogP contribution is -2.52. The van der Waals surface area contributed by atoms with Crippen molar-refractivity contribution in [2.75, 3.05) is 34.5 Å². The topological polar surface area (TPSA) is 72.9 Å². The number of hydrogen-bond acceptors (Lipinski definition) is 8. The van der Waals surface area contributed by atoms with Gasteiger partial charge in [0, 0.05) is 38.6 Å². The Morgan fingerprint density at radius 2 is 1.60 bits per heavy atom. The highest BCUT2D eigenvalue weighted by atomic mass is 16.7. The summed E-state index contributed by atoms with van der Waals surface area (Å²) < 4.78 is 31.3. The highest BCUT2D eigenvalue weighted by Crippen LogP contribution is 2.53. The molecule has 0 radical (unpaired) electrons. The van der Waals surface area contributed by atoms with Crippen LogP contribution >= 0.6 is 0 Å². The van der Waals surface area contributed by atoms with Crippen LogP contribution in [0.25, 0.3) is 0 Å². The van der Waals surface area contributed by atoms with Gasteiger partial charge in [0.1, 0.15) is 6.10 Å². The van der Waals surface area contributed by atoms with E-state index < -0.39 is 5.91 Å². The Hall–Kier alpha value is -2.98. The second-order valence-corrected chi connectivity index (χ2v) is 14.9. The Morgan fingerprint density at radius 1 is 0.900 bits per heavy atom. The maximum absolute atomic E-state index is 12.0. The lowest BCUT2D eigenvalue weighted by Gasteiger charge is -2.39. The summed E-state index contributed by atoms with van der Waals surface area (Å²) in [4.78, 5) is 2.30. The van der Waals surface area contributed by atoms with Crippen LogP contribution in [0.1, 0.15) is 76.7 Å². The van der Waals surface area contributed by atoms with Gasteiger partial charge in [0.2, 0.25) is 5.91 Å². The third-order valence-electron chi connectivity index (χ3n) is 11.0. The van der Waals surface area contributed by atoms with Crippen molar-refractivity contribution < 1.29 is 28.9 Å². The molecule has 3 aromatic carbocycles. The molecule has 7 atom stereocenters. The van der Waals surface area contributed by atoms with Crippen molar-refractivity contribution in [2.45, 2.75) is 97.0 Å². The molecular formula is C42H60N2O6. The van der Waals surface area contributed by atoms with Crippen LogP contribution in [0.15, 0.2) is 78.9 Å². The smallest absolute Gasteiger partial charge is 0.234 e. The average Bonchev–Trinajstić information content (AvgIpc) is 3.62. The molecule has 2 heterocycles. The molecule has 8 heteroatoms. The van der Waals surface area contributed by atoms with Crippen molar-refractivity contribution in [3.8, 4) is 11.5 Å². The molecule has 0 aliphatic carbocycles. The molecule has 0 aromatic heterocycles. The molecule has 2 aliphatic rings. The zero-order valence-electron chi connectivity index (χ0n) is 31.5. The summed E-state index contributed by atoms with van der Waals surface area (Å²) in [5, 5.41) is 13.6. The van der Waals surface area contributed by atoms with Gasteiger partial charge < -0.3 is 28.9 Å². The van der Waals surface area contributed by atoms with Gasteiger partial charge in [-0.3, -0.25) is 0 Å². The van der Waals surface area contributed by atoms with Crippen molar-refractivity contribution in [1.29, 1.82) is 0 Å². The van der Waals surface area contributed by atoms with E-state index in [1.54, 1.807) is 14.2 Å². The zero-order valence-corrected chi connectivity index (χ0v) is 31.5. The molecule has 2 aliphatic heterocycles. The van der Waals surface area contributed by atoms with Crippen LogP contribution in [0.5, 0.6) is 11.5 Å². The average molecular weight is 689 g/mol. The van der Waals surface area contributed by atoms with E-state index in [9.17, 15) is 5.21 Å². The first-order valence-electron chi connectivity index (χ1n) is 18.5. The van der Waals surface area contributed by atoms with Crippen LogP contribution in [0.3, 0.4) is 0 Å². The van der Waals surface area contributed by atoms with Crippen molar-refractivity contribution in [1.82, 2.24) is 9.96 Å². The molecule has 2 fully saturated rings. The summed E-state index contributed by atoms with van der Waals surface area (Å²) in [6.07, 6.45) is 2.83. The minimum absolute atomic E-state index is 0.112. The van der Waals surface area contributed by atoms with E-state index in [0.29, 0.717) is 31.6 Å². The van der Waals surface area contributed by atoms with E-state index in [0.717, 1.165) is 48.3 Å². The largest absolute Gasteiger partial charge is 0.493 e. The van der Waals surface area contributed by atoms with Crippen LogP contribution in [-0.2, 0) is 27.2 Å². The normalized spacial score (nSPS) is 25.2. The first-order valence-corrected chi connectivity index (χ1v) is 18.5. The fourth-order valence-corrected chi connectivity index (χ4v) is 7.88. The predicted molar refractivity (Wildman–Crippen MR) is 197 cm³/mol. The third-order valence-corrected chi connectivity index (χ3v) is 11.0. The number of benzene rings is 3. The highest BCUT2D eigenvalue weighted by Gasteiger charge is 2.62. The van der Waals surface area contributed by atoms with Gasteiger partial charge in [-0.1, -0.05) is 94.4 Å². The third kappa shape index (κ3) is 8.72. The first kappa shape index (κ1) is 38.3. The second kappa shape index (κ2) is 17.5. The van der Waals surface area contributed by atoms with Crippen LogP contribution in [-0.4, -0.2) is 73.8 Å². The standard InChI is InChI=1S/C42H60N2O6/c1-29(2)35(24-33-20-21-38(47-8)40(25-33)48-23-15-22-46-7)26-37(44(45)28-32-16-11-9-12-17-32)39-27-36(30(3)4)42(49-39)43(6)31(5)41(50-42)34-18-13-10-14-19-34/h9-14,16-21,25,29-31,35-37,39,41,45H,15,22-24,26-28H2,1-8H3/t31-,35-,36-,37-,39-,41+,42-/m0/s1. The Balaban J connectivity index is 1.43. The Kier molecular flexibility index (Phi) is 13.4. The lowest BCUT2D eigenvalue weighted by atomic mass is 9.81. The van der Waals surface area contributed by atoms with Gasteiger partial charge in [-0.25, -0.2) is 4.90 Å². The molecular weight excluding hydrogens is 628 g/mol. The maximum atomic E-state index is 12.0. The number of likely N-dealkylation sites (N-methyl/N-ethyl adjacent to an activating group) is 1. The molecule has 3 aromatic rings. The van der Waals surface area contributed by atoms with Gasteiger partial charge in [-0.05, 0) is 79.8 Å². The van der Waals surface area contributed by atoms with Crippen LogP contribution < -0.4 is 9.47 Å². The van der Waals surface area contributed by atoms with E-state index in [1.165, 1.54) is 10.6 Å². The Morgan fingerprint density at radius 3 is 2.24 bits per heavy atom. The van der Waals surface area contributed by atoms with Crippen LogP contribution in [0.4, 0.5) is 0 Å². The van der Waals surface area contributed by atoms with E-state index in [4.69, 9.17) is 23.7 Å². The van der Waals surface area contributed by atoms with Crippen molar-refractivity contribution >= 4 is 0 Å². The van der Waals surface area contributed by atoms with Gasteiger partial charge >= 0.3 is 0 Å². The lowest BCUT2D eigenvalue weighted by molar-refractivity contribution is -0.306. The number of nitrogens with zero attached hydrogens (tertiary/aromatic N) is 2. The summed E-state index contributed by atoms with van der Waals surface area (Å²) in [5.41, 5.74) is 3.40. The number of rotatable bonds is 17. The number of hydrogen-bond donors (Lipinski definition) is 1. The van der Waals surface area contributed by atoms with E-state index in [-0.39, 0.29) is 36.1 Å². The minimum Gasteiger partial charge on any atom is -0.493 e. The van der Waals surface area contributed by atoms with E-state index in [2.05, 4.69) is 95.1 Å². The molecule has 1 N–H and O–H groups in total. The molecule has 1 spiro atoms. The summed E-state index contributed by atoms with van der Waals surface area (Å²) in [5.74, 6) is 1.64. The molecule has 5 rings (SSSR count). The fraction of sp³-hybridized carbons (Fsp3) is 0.571. The number of methoxy groups -OCH3 is 2. The molecule has 0 bridgehead atoms. The molecule has 0 unspecified atom stereocenters. The van der Waals surface area contributed by atoms with Gasteiger partial charge in [0.15, 0.2) is 11.5 Å². The molecule has 0 saturated carbocycles. The van der Waals surface area contributed by atoms with Gasteiger partial charge in [0.25, 0.3) is 0 Å². The summed E-state index contributed by atoms with van der Waals surface area (Å²) in [6, 6.07) is 26.8. The zero-order chi connectivity index (χ0) is 35.8. The fourth-order valence-electron chi connectivity index (χ4n) is 7.88. The van der Waals surface area contributed by atoms with E-state index in [1.807, 2.05) is 30.3 Å². The Labute approximate surface area is 300 Å². The number of ether oxygens (including phenoxy) is 5. The van der Waals surface area contributed by atoms with Gasteiger partial charge in [0.05, 0.1) is 25.9 Å². The maximum Gasteiger partial charge on any atom is 0.234 e. The van der Waals surface area contributed by atoms with Crippen molar-refractivity contribution in [2.24, 2.45) is 23.7 Å². The van der Waals surface area contributed by atoms with Crippen molar-refractivity contribution in [3.05, 3.63) is 95.6 Å². The van der Waals surface area contributed by atoms with Crippen molar-refractivity contribution in [3.63, 3.8) is 0 Å².